The van der Waals surface area contributed by atoms with Crippen molar-refractivity contribution in [2.75, 3.05) is 13.1 Å². The fourth-order valence-corrected chi connectivity index (χ4v) is 4.39. The number of carbonyl (C=O) groups is 2. The Labute approximate surface area is 114 Å². The molecular weight excluding hydrogens is 242 g/mol. The van der Waals surface area contributed by atoms with Crippen LogP contribution >= 0.6 is 0 Å². The molecule has 0 aromatic rings. The van der Waals surface area contributed by atoms with E-state index in [2.05, 4.69) is 0 Å². The molecule has 4 heteroatoms. The smallest absolute Gasteiger partial charge is 0.308 e. The third kappa shape index (κ3) is 2.63. The maximum Gasteiger partial charge on any atom is 0.308 e. The lowest BCUT2D eigenvalue weighted by Gasteiger charge is -2.32. The number of carboxylic acids is 1. The molecule has 3 fully saturated rings. The minimum absolute atomic E-state index is 0.198. The summed E-state index contributed by atoms with van der Waals surface area (Å²) in [4.78, 5) is 25.2. The molecule has 0 radical (unpaired) electrons. The largest absolute Gasteiger partial charge is 0.481 e. The van der Waals surface area contributed by atoms with E-state index >= 15 is 0 Å². The molecule has 3 aliphatic rings. The van der Waals surface area contributed by atoms with E-state index in [9.17, 15) is 9.59 Å². The van der Waals surface area contributed by atoms with Gasteiger partial charge in [0.1, 0.15) is 0 Å². The molecule has 1 saturated heterocycles. The molecule has 3 rings (SSSR count). The Morgan fingerprint density at radius 1 is 1.16 bits per heavy atom. The van der Waals surface area contributed by atoms with Gasteiger partial charge < -0.3 is 10.0 Å². The molecule has 3 unspecified atom stereocenters. The Hall–Kier alpha value is -1.06. The van der Waals surface area contributed by atoms with Crippen molar-refractivity contribution in [2.45, 2.75) is 44.9 Å². The fraction of sp³-hybridized carbons (Fsp3) is 0.867. The third-order valence-electron chi connectivity index (χ3n) is 5.44. The average molecular weight is 265 g/mol. The molecular formula is C15H23NO3. The molecule has 0 aromatic carbocycles. The molecule has 19 heavy (non-hydrogen) atoms. The van der Waals surface area contributed by atoms with Gasteiger partial charge in [-0.3, -0.25) is 9.59 Å². The number of piperidine rings is 1. The Balaban J connectivity index is 1.54. The second kappa shape index (κ2) is 5.14. The first-order valence-corrected chi connectivity index (χ1v) is 7.64. The zero-order chi connectivity index (χ0) is 13.4. The van der Waals surface area contributed by atoms with Crippen LogP contribution in [0.4, 0.5) is 0 Å². The highest BCUT2D eigenvalue weighted by molar-refractivity contribution is 5.78. The van der Waals surface area contributed by atoms with Gasteiger partial charge in [-0.1, -0.05) is 6.42 Å². The van der Waals surface area contributed by atoms with Crippen LogP contribution in [0, 0.1) is 23.7 Å². The molecule has 1 N–H and O–H groups in total. The number of amides is 1. The first-order valence-electron chi connectivity index (χ1n) is 7.64. The molecule has 1 heterocycles. The molecule has 4 atom stereocenters. The van der Waals surface area contributed by atoms with Gasteiger partial charge in [-0.15, -0.1) is 0 Å². The van der Waals surface area contributed by atoms with Gasteiger partial charge in [-0.05, 0) is 49.9 Å². The van der Waals surface area contributed by atoms with Crippen molar-refractivity contribution < 1.29 is 14.7 Å². The van der Waals surface area contributed by atoms with Crippen molar-refractivity contribution in [3.63, 3.8) is 0 Å². The topological polar surface area (TPSA) is 57.6 Å². The molecule has 2 saturated carbocycles. The number of carboxylic acid groups (broad SMARTS) is 1. The average Bonchev–Trinajstić information content (AvgIpc) is 3.01. The Morgan fingerprint density at radius 2 is 2.00 bits per heavy atom. The van der Waals surface area contributed by atoms with Crippen LogP contribution in [0.5, 0.6) is 0 Å². The summed E-state index contributed by atoms with van der Waals surface area (Å²) in [5, 5.41) is 9.07. The summed E-state index contributed by atoms with van der Waals surface area (Å²) in [6, 6.07) is 0. The van der Waals surface area contributed by atoms with Crippen LogP contribution < -0.4 is 0 Å². The van der Waals surface area contributed by atoms with Crippen molar-refractivity contribution >= 4 is 11.9 Å². The summed E-state index contributed by atoms with van der Waals surface area (Å²) in [5.74, 6) is 1.32. The number of hydrogen-bond donors (Lipinski definition) is 1. The second-order valence-electron chi connectivity index (χ2n) is 6.66. The van der Waals surface area contributed by atoms with E-state index in [4.69, 9.17) is 5.11 Å². The van der Waals surface area contributed by atoms with E-state index in [-0.39, 0.29) is 11.8 Å². The Bertz CT molecular complexity index is 382. The number of likely N-dealkylation sites (tertiary alicyclic amines) is 1. The molecule has 1 amide bonds. The number of aliphatic carboxylic acids is 1. The normalized spacial score (nSPS) is 37.6. The highest BCUT2D eigenvalue weighted by atomic mass is 16.4. The van der Waals surface area contributed by atoms with Crippen molar-refractivity contribution in [1.29, 1.82) is 0 Å². The Morgan fingerprint density at radius 3 is 2.63 bits per heavy atom. The van der Waals surface area contributed by atoms with Crippen LogP contribution in [0.15, 0.2) is 0 Å². The lowest BCUT2D eigenvalue weighted by Crippen LogP contribution is -2.43. The number of nitrogens with zero attached hydrogens (tertiary/aromatic N) is 1. The lowest BCUT2D eigenvalue weighted by atomic mass is 9.86. The van der Waals surface area contributed by atoms with E-state index in [1.165, 1.54) is 25.7 Å². The molecule has 2 bridgehead atoms. The number of hydrogen-bond acceptors (Lipinski definition) is 2. The van der Waals surface area contributed by atoms with Crippen molar-refractivity contribution in [3.8, 4) is 0 Å². The first kappa shape index (κ1) is 12.9. The molecule has 0 spiro atoms. The molecule has 4 nitrogen and oxygen atoms in total. The van der Waals surface area contributed by atoms with Crippen molar-refractivity contribution in [1.82, 2.24) is 4.90 Å². The van der Waals surface area contributed by atoms with Gasteiger partial charge in [-0.2, -0.15) is 0 Å². The number of fused-ring (bicyclic) bond motifs is 2. The van der Waals surface area contributed by atoms with E-state index in [1.807, 2.05) is 0 Å². The molecule has 106 valence electrons. The van der Waals surface area contributed by atoms with Gasteiger partial charge in [0.15, 0.2) is 0 Å². The van der Waals surface area contributed by atoms with Gasteiger partial charge in [0, 0.05) is 19.5 Å². The van der Waals surface area contributed by atoms with E-state index < -0.39 is 5.97 Å². The van der Waals surface area contributed by atoms with Gasteiger partial charge >= 0.3 is 5.97 Å². The summed E-state index contributed by atoms with van der Waals surface area (Å²) in [6.07, 6.45) is 7.43. The maximum atomic E-state index is 12.3. The van der Waals surface area contributed by atoms with Crippen molar-refractivity contribution in [2.24, 2.45) is 23.7 Å². The quantitative estimate of drug-likeness (QED) is 0.850. The van der Waals surface area contributed by atoms with Crippen LogP contribution in [-0.4, -0.2) is 35.0 Å². The predicted molar refractivity (Wildman–Crippen MR) is 70.5 cm³/mol. The fourth-order valence-electron chi connectivity index (χ4n) is 4.39. The summed E-state index contributed by atoms with van der Waals surface area (Å²) >= 11 is 0. The van der Waals surface area contributed by atoms with Crippen LogP contribution in [0.1, 0.15) is 44.9 Å². The molecule has 1 aliphatic heterocycles. The van der Waals surface area contributed by atoms with Gasteiger partial charge in [0.25, 0.3) is 0 Å². The zero-order valence-corrected chi connectivity index (χ0v) is 11.4. The monoisotopic (exact) mass is 265 g/mol. The van der Waals surface area contributed by atoms with Crippen molar-refractivity contribution in [3.05, 3.63) is 0 Å². The summed E-state index contributed by atoms with van der Waals surface area (Å²) < 4.78 is 0. The van der Waals surface area contributed by atoms with Crippen LogP contribution in [-0.2, 0) is 9.59 Å². The maximum absolute atomic E-state index is 12.3. The molecule has 2 aliphatic carbocycles. The van der Waals surface area contributed by atoms with Gasteiger partial charge in [-0.25, -0.2) is 0 Å². The first-order chi connectivity index (χ1) is 9.13. The predicted octanol–water partition coefficient (Wildman–Crippen LogP) is 2.14. The van der Waals surface area contributed by atoms with E-state index in [1.54, 1.807) is 4.90 Å². The summed E-state index contributed by atoms with van der Waals surface area (Å²) in [5.41, 5.74) is 0. The summed E-state index contributed by atoms with van der Waals surface area (Å²) in [7, 11) is 0. The van der Waals surface area contributed by atoms with Crippen LogP contribution in [0.25, 0.3) is 0 Å². The third-order valence-corrected chi connectivity index (χ3v) is 5.44. The number of carbonyl (C=O) groups excluding carboxylic acids is 1. The Kier molecular flexibility index (Phi) is 3.50. The molecule has 0 aromatic heterocycles. The van der Waals surface area contributed by atoms with Crippen LogP contribution in [0.2, 0.25) is 0 Å². The van der Waals surface area contributed by atoms with Crippen LogP contribution in [0.3, 0.4) is 0 Å². The minimum Gasteiger partial charge on any atom is -0.481 e. The zero-order valence-electron chi connectivity index (χ0n) is 11.4. The highest BCUT2D eigenvalue weighted by Crippen LogP contribution is 2.49. The van der Waals surface area contributed by atoms with E-state index in [0.717, 1.165) is 24.8 Å². The van der Waals surface area contributed by atoms with Gasteiger partial charge in [0.2, 0.25) is 5.91 Å². The summed E-state index contributed by atoms with van der Waals surface area (Å²) in [6.45, 7) is 1.18. The second-order valence-corrected chi connectivity index (χ2v) is 6.66. The van der Waals surface area contributed by atoms with E-state index in [0.29, 0.717) is 25.3 Å². The van der Waals surface area contributed by atoms with Gasteiger partial charge in [0.05, 0.1) is 5.92 Å². The minimum atomic E-state index is -0.752. The SMILES string of the molecule is O=C(O)[C@@H]1CCCN(C(=O)CC2CC3CCC2C3)C1. The lowest BCUT2D eigenvalue weighted by molar-refractivity contribution is -0.146. The standard InChI is InChI=1S/C15H23NO3/c17-14(8-13-7-10-3-4-11(13)6-10)16-5-1-2-12(9-16)15(18)19/h10-13H,1-9H2,(H,18,19)/t10?,11?,12-,13?/m1/s1. The highest BCUT2D eigenvalue weighted by Gasteiger charge is 2.41. The number of rotatable bonds is 3.